The minimum absolute atomic E-state index is 0.0870. The third-order valence-corrected chi connectivity index (χ3v) is 5.33. The molecule has 1 aromatic rings. The average molecular weight is 297 g/mol. The molecule has 0 radical (unpaired) electrons. The number of carbonyl (C=O) groups is 1. The highest BCUT2D eigenvalue weighted by Gasteiger charge is 2.37. The molecule has 1 N–H and O–H groups in total. The van der Waals surface area contributed by atoms with Gasteiger partial charge < -0.3 is 5.32 Å². The molecule has 1 atom stereocenters. The Kier molecular flexibility index (Phi) is 4.72. The van der Waals surface area contributed by atoms with Crippen molar-refractivity contribution in [2.75, 3.05) is 17.6 Å². The summed E-state index contributed by atoms with van der Waals surface area (Å²) in [6, 6.07) is 2.84. The number of aromatic nitrogens is 1. The summed E-state index contributed by atoms with van der Waals surface area (Å²) in [5, 5.41) is 2.72. The number of rotatable bonds is 5. The monoisotopic (exact) mass is 297 g/mol. The third kappa shape index (κ3) is 3.34. The molecule has 1 aliphatic heterocycles. The van der Waals surface area contributed by atoms with Crippen LogP contribution in [-0.2, 0) is 14.8 Å². The Bertz CT molecular complexity index is 559. The summed E-state index contributed by atoms with van der Waals surface area (Å²) in [5.41, 5.74) is 0.581. The van der Waals surface area contributed by atoms with Crippen molar-refractivity contribution in [3.63, 3.8) is 0 Å². The van der Waals surface area contributed by atoms with Crippen LogP contribution < -0.4 is 5.32 Å². The lowest BCUT2D eigenvalue weighted by Gasteiger charge is -2.23. The first-order valence-electron chi connectivity index (χ1n) is 6.75. The summed E-state index contributed by atoms with van der Waals surface area (Å²) in [6.45, 7) is 2.24. The van der Waals surface area contributed by atoms with Crippen LogP contribution in [0.3, 0.4) is 0 Å². The first-order chi connectivity index (χ1) is 9.54. The number of nitrogens with one attached hydrogen (secondary N) is 1. The van der Waals surface area contributed by atoms with Gasteiger partial charge in [0.05, 0.1) is 17.6 Å². The molecular formula is C13H19N3O3S. The van der Waals surface area contributed by atoms with Gasteiger partial charge in [0.25, 0.3) is 0 Å². The Morgan fingerprint density at radius 1 is 1.55 bits per heavy atom. The van der Waals surface area contributed by atoms with E-state index >= 15 is 0 Å². The largest absolute Gasteiger partial charge is 0.323 e. The van der Waals surface area contributed by atoms with Crippen LogP contribution in [0, 0.1) is 0 Å². The lowest BCUT2D eigenvalue weighted by molar-refractivity contribution is -0.119. The van der Waals surface area contributed by atoms with Gasteiger partial charge >= 0.3 is 0 Å². The zero-order valence-electron chi connectivity index (χ0n) is 11.4. The highest BCUT2D eigenvalue weighted by atomic mass is 32.2. The summed E-state index contributed by atoms with van der Waals surface area (Å²) >= 11 is 0. The molecule has 6 nitrogen and oxygen atoms in total. The van der Waals surface area contributed by atoms with E-state index in [9.17, 15) is 13.2 Å². The Morgan fingerprint density at radius 3 is 3.00 bits per heavy atom. The lowest BCUT2D eigenvalue weighted by atomic mass is 10.2. The van der Waals surface area contributed by atoms with Crippen molar-refractivity contribution >= 4 is 21.6 Å². The van der Waals surface area contributed by atoms with Crippen LogP contribution >= 0.6 is 0 Å². The standard InChI is InChI=1S/C13H19N3O3S/c1-2-9-20(18,19)16-8-4-6-12(16)13(17)15-11-5-3-7-14-10-11/h3,5,7,10,12H,2,4,6,8-9H2,1H3,(H,15,17)/t12-/m0/s1. The van der Waals surface area contributed by atoms with Crippen LogP contribution in [0.5, 0.6) is 0 Å². The van der Waals surface area contributed by atoms with Crippen molar-refractivity contribution in [3.8, 4) is 0 Å². The second-order valence-electron chi connectivity index (χ2n) is 4.82. The second-order valence-corrected chi connectivity index (χ2v) is 6.86. The van der Waals surface area contributed by atoms with E-state index in [1.165, 1.54) is 10.5 Å². The molecule has 110 valence electrons. The predicted molar refractivity (Wildman–Crippen MR) is 76.7 cm³/mol. The van der Waals surface area contributed by atoms with Gasteiger partial charge in [0.2, 0.25) is 15.9 Å². The molecule has 2 rings (SSSR count). The number of amides is 1. The molecule has 1 saturated heterocycles. The van der Waals surface area contributed by atoms with E-state index < -0.39 is 16.1 Å². The molecule has 0 aliphatic carbocycles. The summed E-state index contributed by atoms with van der Waals surface area (Å²) in [5.74, 6) is -0.195. The quantitative estimate of drug-likeness (QED) is 0.886. The number of carbonyl (C=O) groups excluding carboxylic acids is 1. The van der Waals surface area contributed by atoms with E-state index in [0.717, 1.165) is 0 Å². The van der Waals surface area contributed by atoms with Crippen molar-refractivity contribution in [2.24, 2.45) is 0 Å². The molecule has 1 aliphatic rings. The normalized spacial score (nSPS) is 19.9. The van der Waals surface area contributed by atoms with Gasteiger partial charge in [-0.3, -0.25) is 9.78 Å². The molecule has 0 aromatic carbocycles. The van der Waals surface area contributed by atoms with Gasteiger partial charge in [0.1, 0.15) is 6.04 Å². The summed E-state index contributed by atoms with van der Waals surface area (Å²) in [7, 11) is -3.34. The summed E-state index contributed by atoms with van der Waals surface area (Å²) in [6.07, 6.45) is 4.99. The van der Waals surface area contributed by atoms with Crippen LogP contribution in [0.1, 0.15) is 26.2 Å². The Hall–Kier alpha value is -1.47. The van der Waals surface area contributed by atoms with Crippen molar-refractivity contribution < 1.29 is 13.2 Å². The SMILES string of the molecule is CCCS(=O)(=O)N1CCC[C@H]1C(=O)Nc1cccnc1. The predicted octanol–water partition coefficient (Wildman–Crippen LogP) is 1.22. The smallest absolute Gasteiger partial charge is 0.242 e. The Morgan fingerprint density at radius 2 is 2.35 bits per heavy atom. The Labute approximate surface area is 119 Å². The van der Waals surface area contributed by atoms with E-state index in [1.807, 2.05) is 6.92 Å². The minimum Gasteiger partial charge on any atom is -0.323 e. The van der Waals surface area contributed by atoms with E-state index in [-0.39, 0.29) is 11.7 Å². The maximum Gasteiger partial charge on any atom is 0.242 e. The van der Waals surface area contributed by atoms with E-state index in [0.29, 0.717) is 31.5 Å². The number of pyridine rings is 1. The first-order valence-corrected chi connectivity index (χ1v) is 8.36. The molecule has 20 heavy (non-hydrogen) atoms. The molecule has 1 amide bonds. The lowest BCUT2D eigenvalue weighted by Crippen LogP contribution is -2.44. The summed E-state index contributed by atoms with van der Waals surface area (Å²) in [4.78, 5) is 16.1. The highest BCUT2D eigenvalue weighted by Crippen LogP contribution is 2.23. The van der Waals surface area contributed by atoms with Crippen LogP contribution in [0.4, 0.5) is 5.69 Å². The van der Waals surface area contributed by atoms with Gasteiger partial charge in [-0.1, -0.05) is 6.92 Å². The van der Waals surface area contributed by atoms with Crippen LogP contribution in [0.15, 0.2) is 24.5 Å². The fourth-order valence-electron chi connectivity index (χ4n) is 2.37. The number of sulfonamides is 1. The maximum atomic E-state index is 12.2. The minimum atomic E-state index is -3.34. The number of hydrogen-bond donors (Lipinski definition) is 1. The number of hydrogen-bond acceptors (Lipinski definition) is 4. The highest BCUT2D eigenvalue weighted by molar-refractivity contribution is 7.89. The average Bonchev–Trinajstić information content (AvgIpc) is 2.90. The zero-order valence-corrected chi connectivity index (χ0v) is 12.3. The van der Waals surface area contributed by atoms with Crippen LogP contribution in [0.2, 0.25) is 0 Å². The molecule has 1 fully saturated rings. The molecule has 7 heteroatoms. The topological polar surface area (TPSA) is 79.4 Å². The van der Waals surface area contributed by atoms with E-state index in [4.69, 9.17) is 0 Å². The second kappa shape index (κ2) is 6.32. The molecule has 1 aromatic heterocycles. The molecule has 2 heterocycles. The van der Waals surface area contributed by atoms with Crippen LogP contribution in [0.25, 0.3) is 0 Å². The number of nitrogens with zero attached hydrogens (tertiary/aromatic N) is 2. The number of anilines is 1. The molecule has 0 spiro atoms. The van der Waals surface area contributed by atoms with Crippen molar-refractivity contribution in [2.45, 2.75) is 32.2 Å². The van der Waals surface area contributed by atoms with E-state index in [1.54, 1.807) is 18.3 Å². The van der Waals surface area contributed by atoms with Gasteiger partial charge in [0, 0.05) is 12.7 Å². The Balaban J connectivity index is 2.09. The van der Waals surface area contributed by atoms with E-state index in [2.05, 4.69) is 10.3 Å². The summed E-state index contributed by atoms with van der Waals surface area (Å²) < 4.78 is 25.6. The van der Waals surface area contributed by atoms with Gasteiger partial charge in [-0.2, -0.15) is 4.31 Å². The first kappa shape index (κ1) is 14.9. The van der Waals surface area contributed by atoms with Crippen molar-refractivity contribution in [1.82, 2.24) is 9.29 Å². The zero-order chi connectivity index (χ0) is 14.6. The fraction of sp³-hybridized carbons (Fsp3) is 0.538. The van der Waals surface area contributed by atoms with Crippen molar-refractivity contribution in [3.05, 3.63) is 24.5 Å². The van der Waals surface area contributed by atoms with Crippen LogP contribution in [-0.4, -0.2) is 42.0 Å². The van der Waals surface area contributed by atoms with Crippen molar-refractivity contribution in [1.29, 1.82) is 0 Å². The van der Waals surface area contributed by atoms with Gasteiger partial charge in [-0.05, 0) is 31.4 Å². The van der Waals surface area contributed by atoms with Gasteiger partial charge in [-0.25, -0.2) is 8.42 Å². The third-order valence-electron chi connectivity index (χ3n) is 3.25. The molecule has 0 unspecified atom stereocenters. The molecule has 0 bridgehead atoms. The fourth-order valence-corrected chi connectivity index (χ4v) is 4.12. The maximum absolute atomic E-state index is 12.2. The molecule has 0 saturated carbocycles. The van der Waals surface area contributed by atoms with Gasteiger partial charge in [0.15, 0.2) is 0 Å². The molecular weight excluding hydrogens is 278 g/mol. The van der Waals surface area contributed by atoms with Gasteiger partial charge in [-0.15, -0.1) is 0 Å².